The summed E-state index contributed by atoms with van der Waals surface area (Å²) in [7, 11) is 0. The van der Waals surface area contributed by atoms with E-state index in [1.165, 1.54) is 4.90 Å². The number of nitrogens with two attached hydrogens (primary N) is 1. The number of carboxylic acid groups (broad SMARTS) is 1. The SMILES string of the molecule is CC(C)C(NC(=O)C(N)CS)C(=O)N1CCCC1C(=O)NC(CS)C(=O)O. The number of carbonyl (C=O) groups excluding carboxylic acids is 3. The van der Waals surface area contributed by atoms with Crippen molar-refractivity contribution in [1.82, 2.24) is 15.5 Å². The Kier molecular flexibility index (Phi) is 9.40. The molecule has 0 radical (unpaired) electrons. The molecule has 154 valence electrons. The first-order valence-electron chi connectivity index (χ1n) is 8.75. The van der Waals surface area contributed by atoms with E-state index in [1.54, 1.807) is 13.8 Å². The number of carbonyl (C=O) groups is 4. The molecule has 0 aliphatic carbocycles. The number of amides is 3. The van der Waals surface area contributed by atoms with E-state index in [2.05, 4.69) is 35.9 Å². The van der Waals surface area contributed by atoms with Crippen LogP contribution in [0.5, 0.6) is 0 Å². The molecule has 0 aromatic heterocycles. The van der Waals surface area contributed by atoms with Crippen molar-refractivity contribution in [2.24, 2.45) is 11.7 Å². The average Bonchev–Trinajstić information content (AvgIpc) is 3.11. The van der Waals surface area contributed by atoms with Gasteiger partial charge < -0.3 is 26.4 Å². The molecule has 0 bridgehead atoms. The third-order valence-electron chi connectivity index (χ3n) is 4.40. The highest BCUT2D eigenvalue weighted by atomic mass is 32.1. The van der Waals surface area contributed by atoms with Crippen LogP contribution in [0, 0.1) is 5.92 Å². The lowest BCUT2D eigenvalue weighted by molar-refractivity contribution is -0.145. The summed E-state index contributed by atoms with van der Waals surface area (Å²) in [6.07, 6.45) is 1.03. The third kappa shape index (κ3) is 6.28. The molecule has 0 aromatic carbocycles. The second-order valence-corrected chi connectivity index (χ2v) is 7.52. The van der Waals surface area contributed by atoms with Gasteiger partial charge in [0.2, 0.25) is 17.7 Å². The monoisotopic (exact) mass is 420 g/mol. The van der Waals surface area contributed by atoms with Crippen LogP contribution >= 0.6 is 25.3 Å². The van der Waals surface area contributed by atoms with E-state index in [1.807, 2.05) is 0 Å². The second kappa shape index (κ2) is 10.8. The summed E-state index contributed by atoms with van der Waals surface area (Å²) in [5.74, 6) is -2.75. The summed E-state index contributed by atoms with van der Waals surface area (Å²) in [6.45, 7) is 3.91. The van der Waals surface area contributed by atoms with Gasteiger partial charge in [-0.1, -0.05) is 13.8 Å². The number of likely N-dealkylation sites (tertiary alicyclic amines) is 1. The summed E-state index contributed by atoms with van der Waals surface area (Å²) in [6, 6.07) is -3.59. The molecule has 0 aromatic rings. The number of nitrogens with zero attached hydrogens (tertiary/aromatic N) is 1. The molecule has 4 unspecified atom stereocenters. The van der Waals surface area contributed by atoms with Gasteiger partial charge in [0, 0.05) is 18.1 Å². The van der Waals surface area contributed by atoms with Crippen LogP contribution in [0.3, 0.4) is 0 Å². The molecule has 1 saturated heterocycles. The molecule has 1 aliphatic rings. The minimum absolute atomic E-state index is 0.0615. The summed E-state index contributed by atoms with van der Waals surface area (Å²) in [5.41, 5.74) is 5.65. The van der Waals surface area contributed by atoms with Gasteiger partial charge in [-0.2, -0.15) is 25.3 Å². The average molecular weight is 421 g/mol. The van der Waals surface area contributed by atoms with Gasteiger partial charge in [-0.3, -0.25) is 14.4 Å². The van der Waals surface area contributed by atoms with Crippen LogP contribution in [0.2, 0.25) is 0 Å². The van der Waals surface area contributed by atoms with E-state index in [-0.39, 0.29) is 23.3 Å². The van der Waals surface area contributed by atoms with Gasteiger partial charge in [0.25, 0.3) is 0 Å². The number of hydrogen-bond donors (Lipinski definition) is 6. The number of aliphatic carboxylic acids is 1. The van der Waals surface area contributed by atoms with E-state index in [4.69, 9.17) is 10.8 Å². The van der Waals surface area contributed by atoms with Gasteiger partial charge in [-0.05, 0) is 18.8 Å². The van der Waals surface area contributed by atoms with Crippen molar-refractivity contribution >= 4 is 48.9 Å². The number of thiol groups is 2. The molecule has 1 rings (SSSR count). The number of hydrogen-bond acceptors (Lipinski definition) is 7. The summed E-state index contributed by atoms with van der Waals surface area (Å²) in [4.78, 5) is 50.0. The van der Waals surface area contributed by atoms with Crippen molar-refractivity contribution in [2.45, 2.75) is 50.9 Å². The quantitative estimate of drug-likeness (QED) is 0.261. The van der Waals surface area contributed by atoms with Crippen LogP contribution < -0.4 is 16.4 Å². The maximum absolute atomic E-state index is 13.0. The zero-order valence-corrected chi connectivity index (χ0v) is 17.2. The van der Waals surface area contributed by atoms with Crippen molar-refractivity contribution in [2.75, 3.05) is 18.1 Å². The lowest BCUT2D eigenvalue weighted by Gasteiger charge is -2.31. The first-order valence-corrected chi connectivity index (χ1v) is 10.0. The Labute approximate surface area is 169 Å². The van der Waals surface area contributed by atoms with Crippen LogP contribution in [0.4, 0.5) is 0 Å². The highest BCUT2D eigenvalue weighted by molar-refractivity contribution is 7.80. The highest BCUT2D eigenvalue weighted by Crippen LogP contribution is 2.20. The maximum Gasteiger partial charge on any atom is 0.327 e. The molecule has 27 heavy (non-hydrogen) atoms. The topological polar surface area (TPSA) is 142 Å². The Morgan fingerprint density at radius 3 is 2.30 bits per heavy atom. The predicted molar refractivity (Wildman–Crippen MR) is 107 cm³/mol. The molecule has 1 aliphatic heterocycles. The number of rotatable bonds is 9. The number of carboxylic acids is 1. The fourth-order valence-corrected chi connectivity index (χ4v) is 3.21. The van der Waals surface area contributed by atoms with Gasteiger partial charge in [0.1, 0.15) is 18.1 Å². The Balaban J connectivity index is 2.89. The van der Waals surface area contributed by atoms with Gasteiger partial charge in [-0.25, -0.2) is 4.79 Å². The molecule has 0 spiro atoms. The van der Waals surface area contributed by atoms with E-state index >= 15 is 0 Å². The van der Waals surface area contributed by atoms with E-state index in [0.29, 0.717) is 19.4 Å². The first kappa shape index (κ1) is 23.6. The van der Waals surface area contributed by atoms with Gasteiger partial charge >= 0.3 is 5.97 Å². The molecule has 1 fully saturated rings. The van der Waals surface area contributed by atoms with Crippen molar-refractivity contribution < 1.29 is 24.3 Å². The molecule has 4 atom stereocenters. The van der Waals surface area contributed by atoms with Crippen LogP contribution in [0.15, 0.2) is 0 Å². The lowest BCUT2D eigenvalue weighted by Crippen LogP contribution is -2.58. The summed E-state index contributed by atoms with van der Waals surface area (Å²) < 4.78 is 0. The predicted octanol–water partition coefficient (Wildman–Crippen LogP) is -1.13. The molecular formula is C16H28N4O5S2. The van der Waals surface area contributed by atoms with Crippen LogP contribution in [0.1, 0.15) is 26.7 Å². The summed E-state index contributed by atoms with van der Waals surface area (Å²) in [5, 5.41) is 14.1. The zero-order chi connectivity index (χ0) is 20.7. The standard InChI is InChI=1S/C16H28N4O5S2/c1-8(2)12(19-13(21)9(17)6-26)15(23)20-5-3-4-11(20)14(22)18-10(7-27)16(24)25/h8-12,26-27H,3-7,17H2,1-2H3,(H,18,22)(H,19,21)(H,24,25). The minimum atomic E-state index is -1.19. The van der Waals surface area contributed by atoms with E-state index in [0.717, 1.165) is 0 Å². The van der Waals surface area contributed by atoms with Crippen LogP contribution in [0.25, 0.3) is 0 Å². The molecule has 3 amide bonds. The normalized spacial score (nSPS) is 20.1. The second-order valence-electron chi connectivity index (χ2n) is 6.79. The number of nitrogens with one attached hydrogen (secondary N) is 2. The molecule has 5 N–H and O–H groups in total. The Hall–Kier alpha value is -1.46. The highest BCUT2D eigenvalue weighted by Gasteiger charge is 2.39. The molecule has 1 heterocycles. The maximum atomic E-state index is 13.0. The van der Waals surface area contributed by atoms with Gasteiger partial charge in [0.05, 0.1) is 6.04 Å². The molecule has 11 heteroatoms. The molecule has 0 saturated carbocycles. The van der Waals surface area contributed by atoms with E-state index in [9.17, 15) is 19.2 Å². The first-order chi connectivity index (χ1) is 12.6. The Morgan fingerprint density at radius 2 is 1.81 bits per heavy atom. The zero-order valence-electron chi connectivity index (χ0n) is 15.4. The fraction of sp³-hybridized carbons (Fsp3) is 0.750. The molecule has 9 nitrogen and oxygen atoms in total. The third-order valence-corrected chi connectivity index (χ3v) is 5.16. The Bertz CT molecular complexity index is 575. The van der Waals surface area contributed by atoms with Crippen molar-refractivity contribution in [3.05, 3.63) is 0 Å². The van der Waals surface area contributed by atoms with Crippen molar-refractivity contribution in [1.29, 1.82) is 0 Å². The smallest absolute Gasteiger partial charge is 0.327 e. The van der Waals surface area contributed by atoms with Gasteiger partial charge in [-0.15, -0.1) is 0 Å². The minimum Gasteiger partial charge on any atom is -0.480 e. The fourth-order valence-electron chi connectivity index (χ4n) is 2.79. The lowest BCUT2D eigenvalue weighted by atomic mass is 10.0. The van der Waals surface area contributed by atoms with Crippen molar-refractivity contribution in [3.8, 4) is 0 Å². The van der Waals surface area contributed by atoms with Crippen molar-refractivity contribution in [3.63, 3.8) is 0 Å². The summed E-state index contributed by atoms with van der Waals surface area (Å²) >= 11 is 7.90. The largest absolute Gasteiger partial charge is 0.480 e. The molecular weight excluding hydrogens is 392 g/mol. The van der Waals surface area contributed by atoms with Crippen LogP contribution in [-0.4, -0.2) is 75.9 Å². The Morgan fingerprint density at radius 1 is 1.19 bits per heavy atom. The van der Waals surface area contributed by atoms with E-state index < -0.39 is 42.0 Å². The van der Waals surface area contributed by atoms with Crippen LogP contribution in [-0.2, 0) is 19.2 Å². The van der Waals surface area contributed by atoms with Gasteiger partial charge in [0.15, 0.2) is 0 Å².